The van der Waals surface area contributed by atoms with E-state index in [2.05, 4.69) is 5.32 Å². The Hall–Kier alpha value is -3.19. The van der Waals surface area contributed by atoms with Crippen LogP contribution in [0.2, 0.25) is 5.02 Å². The molecule has 0 aliphatic carbocycles. The van der Waals surface area contributed by atoms with Crippen LogP contribution in [0, 0.1) is 0 Å². The normalized spacial score (nSPS) is 18.2. The van der Waals surface area contributed by atoms with Gasteiger partial charge in [0, 0.05) is 16.8 Å². The number of anilines is 1. The Morgan fingerprint density at radius 2 is 1.89 bits per heavy atom. The number of carbonyl (C=O) groups is 2. The summed E-state index contributed by atoms with van der Waals surface area (Å²) in [5.74, 6) is 0.621. The average Bonchev–Trinajstić information content (AvgIpc) is 3.15. The number of ether oxygens (including phenoxy) is 3. The minimum atomic E-state index is -0.650. The number of fused-ring (bicyclic) bond motifs is 1. The fourth-order valence-electron chi connectivity index (χ4n) is 3.36. The summed E-state index contributed by atoms with van der Waals surface area (Å²) in [4.78, 5) is 26.9. The van der Waals surface area contributed by atoms with E-state index in [-0.39, 0.29) is 12.8 Å². The van der Waals surface area contributed by atoms with Gasteiger partial charge in [0.2, 0.25) is 6.79 Å². The van der Waals surface area contributed by atoms with Crippen LogP contribution in [0.25, 0.3) is 0 Å². The summed E-state index contributed by atoms with van der Waals surface area (Å²) in [6, 6.07) is 11.1. The van der Waals surface area contributed by atoms with Gasteiger partial charge in [0.1, 0.15) is 0 Å². The lowest BCUT2D eigenvalue weighted by Crippen LogP contribution is -2.48. The first kappa shape index (κ1) is 18.2. The summed E-state index contributed by atoms with van der Waals surface area (Å²) in [6.45, 7) is 1.84. The molecule has 7 nitrogen and oxygen atoms in total. The van der Waals surface area contributed by atoms with Crippen molar-refractivity contribution in [1.29, 1.82) is 0 Å². The molecular weight excluding hydrogens is 384 g/mol. The minimum Gasteiger partial charge on any atom is -0.466 e. The number of carbonyl (C=O) groups excluding carboxylic acids is 2. The molecule has 2 aromatic carbocycles. The Morgan fingerprint density at radius 1 is 1.18 bits per heavy atom. The van der Waals surface area contributed by atoms with E-state index < -0.39 is 12.0 Å². The number of hydrogen-bond acceptors (Lipinski definition) is 5. The van der Waals surface area contributed by atoms with Crippen LogP contribution >= 0.6 is 11.6 Å². The number of nitrogens with zero attached hydrogens (tertiary/aromatic N) is 1. The van der Waals surface area contributed by atoms with E-state index in [9.17, 15) is 9.59 Å². The second kappa shape index (κ2) is 7.09. The van der Waals surface area contributed by atoms with E-state index in [1.807, 2.05) is 0 Å². The SMILES string of the molecule is COC(=O)C1=C(C)N(c2ccc3c(c2)OCO3)C(=O)N[C@@H]1c1ccc(Cl)cc1. The van der Waals surface area contributed by atoms with Crippen molar-refractivity contribution in [3.8, 4) is 11.5 Å². The first-order chi connectivity index (χ1) is 13.5. The first-order valence-corrected chi connectivity index (χ1v) is 8.92. The summed E-state index contributed by atoms with van der Waals surface area (Å²) < 4.78 is 15.7. The number of benzene rings is 2. The van der Waals surface area contributed by atoms with Crippen molar-refractivity contribution < 1.29 is 23.8 Å². The Balaban J connectivity index is 1.81. The number of allylic oxidation sites excluding steroid dienone is 1. The highest BCUT2D eigenvalue weighted by molar-refractivity contribution is 6.30. The van der Waals surface area contributed by atoms with Gasteiger partial charge in [-0.1, -0.05) is 23.7 Å². The van der Waals surface area contributed by atoms with Crippen molar-refractivity contribution in [3.05, 3.63) is 64.3 Å². The molecule has 1 N–H and O–H groups in total. The molecule has 2 aliphatic rings. The van der Waals surface area contributed by atoms with Crippen LogP contribution in [0.4, 0.5) is 10.5 Å². The van der Waals surface area contributed by atoms with Crippen LogP contribution in [0.1, 0.15) is 18.5 Å². The van der Waals surface area contributed by atoms with Gasteiger partial charge >= 0.3 is 12.0 Å². The second-order valence-electron chi connectivity index (χ2n) is 6.30. The smallest absolute Gasteiger partial charge is 0.337 e. The summed E-state index contributed by atoms with van der Waals surface area (Å²) in [6.07, 6.45) is 0. The van der Waals surface area contributed by atoms with Gasteiger partial charge in [-0.15, -0.1) is 0 Å². The van der Waals surface area contributed by atoms with Gasteiger partial charge in [0.25, 0.3) is 0 Å². The Kier molecular flexibility index (Phi) is 4.60. The zero-order chi connectivity index (χ0) is 19.8. The summed E-state index contributed by atoms with van der Waals surface area (Å²) in [5.41, 5.74) is 2.08. The fraction of sp³-hybridized carbons (Fsp3) is 0.200. The van der Waals surface area contributed by atoms with Crippen LogP contribution in [0.5, 0.6) is 11.5 Å². The number of rotatable bonds is 3. The molecular formula is C20H17ClN2O5. The van der Waals surface area contributed by atoms with E-state index in [0.29, 0.717) is 33.5 Å². The van der Waals surface area contributed by atoms with Crippen LogP contribution < -0.4 is 19.7 Å². The number of urea groups is 1. The van der Waals surface area contributed by atoms with Gasteiger partial charge in [-0.2, -0.15) is 0 Å². The maximum Gasteiger partial charge on any atom is 0.337 e. The molecule has 0 bridgehead atoms. The maximum atomic E-state index is 12.9. The molecule has 0 aromatic heterocycles. The lowest BCUT2D eigenvalue weighted by molar-refractivity contribution is -0.136. The average molecular weight is 401 g/mol. The summed E-state index contributed by atoms with van der Waals surface area (Å²) in [5, 5.41) is 3.44. The Bertz CT molecular complexity index is 987. The molecule has 2 amide bonds. The molecule has 2 aromatic rings. The Labute approximate surface area is 166 Å². The standard InChI is InChI=1S/C20H17ClN2O5/c1-11-17(19(24)26-2)18(12-3-5-13(21)6-4-12)22-20(25)23(11)14-7-8-15-16(9-14)28-10-27-15/h3-9,18H,10H2,1-2H3,(H,22,25)/t18-/m1/s1. The third kappa shape index (κ3) is 3.03. The molecule has 144 valence electrons. The minimum absolute atomic E-state index is 0.131. The molecule has 1 atom stereocenters. The molecule has 0 radical (unpaired) electrons. The van der Waals surface area contributed by atoms with Crippen LogP contribution in [0.15, 0.2) is 53.7 Å². The second-order valence-corrected chi connectivity index (χ2v) is 6.73. The Morgan fingerprint density at radius 3 is 2.61 bits per heavy atom. The van der Waals surface area contributed by atoms with Gasteiger partial charge in [0.05, 0.1) is 24.4 Å². The molecule has 0 fully saturated rings. The lowest BCUT2D eigenvalue weighted by Gasteiger charge is -2.35. The summed E-state index contributed by atoms with van der Waals surface area (Å²) in [7, 11) is 1.31. The number of amides is 2. The lowest BCUT2D eigenvalue weighted by atomic mass is 9.94. The topological polar surface area (TPSA) is 77.1 Å². The molecule has 0 unspecified atom stereocenters. The number of hydrogen-bond donors (Lipinski definition) is 1. The van der Waals surface area contributed by atoms with E-state index >= 15 is 0 Å². The van der Waals surface area contributed by atoms with Crippen LogP contribution in [-0.4, -0.2) is 25.9 Å². The van der Waals surface area contributed by atoms with Crippen molar-refractivity contribution in [2.75, 3.05) is 18.8 Å². The fourth-order valence-corrected chi connectivity index (χ4v) is 3.48. The van der Waals surface area contributed by atoms with Gasteiger partial charge in [-0.05, 0) is 36.8 Å². The van der Waals surface area contributed by atoms with Gasteiger partial charge in [0.15, 0.2) is 11.5 Å². The van der Waals surface area contributed by atoms with Crippen molar-refractivity contribution in [2.45, 2.75) is 13.0 Å². The number of nitrogens with one attached hydrogen (secondary N) is 1. The molecule has 8 heteroatoms. The third-order valence-electron chi connectivity index (χ3n) is 4.71. The number of esters is 1. The molecule has 4 rings (SSSR count). The highest BCUT2D eigenvalue weighted by Gasteiger charge is 2.37. The molecule has 28 heavy (non-hydrogen) atoms. The molecule has 0 saturated carbocycles. The first-order valence-electron chi connectivity index (χ1n) is 8.54. The van der Waals surface area contributed by atoms with E-state index in [1.165, 1.54) is 12.0 Å². The highest BCUT2D eigenvalue weighted by atomic mass is 35.5. The van der Waals surface area contributed by atoms with Crippen LogP contribution in [-0.2, 0) is 9.53 Å². The largest absolute Gasteiger partial charge is 0.466 e. The molecule has 0 spiro atoms. The van der Waals surface area contributed by atoms with E-state index in [1.54, 1.807) is 49.4 Å². The van der Waals surface area contributed by atoms with Gasteiger partial charge in [-0.25, -0.2) is 9.59 Å². The van der Waals surface area contributed by atoms with Crippen molar-refractivity contribution >= 4 is 29.3 Å². The zero-order valence-corrected chi connectivity index (χ0v) is 15.9. The highest BCUT2D eigenvalue weighted by Crippen LogP contribution is 2.39. The predicted octanol–water partition coefficient (Wildman–Crippen LogP) is 3.79. The maximum absolute atomic E-state index is 12.9. The summed E-state index contributed by atoms with van der Waals surface area (Å²) >= 11 is 5.96. The van der Waals surface area contributed by atoms with E-state index in [4.69, 9.17) is 25.8 Å². The number of methoxy groups -OCH3 is 1. The quantitative estimate of drug-likeness (QED) is 0.793. The third-order valence-corrected chi connectivity index (χ3v) is 4.96. The van der Waals surface area contributed by atoms with Crippen molar-refractivity contribution in [3.63, 3.8) is 0 Å². The molecule has 0 saturated heterocycles. The van der Waals surface area contributed by atoms with Crippen LogP contribution in [0.3, 0.4) is 0 Å². The molecule has 2 heterocycles. The predicted molar refractivity (Wildman–Crippen MR) is 102 cm³/mol. The van der Waals surface area contributed by atoms with E-state index in [0.717, 1.165) is 5.56 Å². The van der Waals surface area contributed by atoms with Crippen molar-refractivity contribution in [2.24, 2.45) is 0 Å². The van der Waals surface area contributed by atoms with Gasteiger partial charge < -0.3 is 19.5 Å². The number of halogens is 1. The molecule has 2 aliphatic heterocycles. The zero-order valence-electron chi connectivity index (χ0n) is 15.2. The van der Waals surface area contributed by atoms with Crippen molar-refractivity contribution in [1.82, 2.24) is 5.32 Å². The monoisotopic (exact) mass is 400 g/mol. The van der Waals surface area contributed by atoms with Gasteiger partial charge in [-0.3, -0.25) is 4.90 Å².